The van der Waals surface area contributed by atoms with Crippen LogP contribution in [0.15, 0.2) is 30.3 Å². The third-order valence-corrected chi connectivity index (χ3v) is 4.55. The fourth-order valence-corrected chi connectivity index (χ4v) is 3.13. The van der Waals surface area contributed by atoms with Gasteiger partial charge in [-0.2, -0.15) is 0 Å². The predicted octanol–water partition coefficient (Wildman–Crippen LogP) is 2.71. The van der Waals surface area contributed by atoms with Gasteiger partial charge in [-0.25, -0.2) is 0 Å². The molecule has 1 aromatic rings. The summed E-state index contributed by atoms with van der Waals surface area (Å²) in [6, 6.07) is 9.85. The Kier molecular flexibility index (Phi) is 12.9. The number of ether oxygens (including phenoxy) is 1. The van der Waals surface area contributed by atoms with E-state index in [4.69, 9.17) is 10.5 Å². The Balaban J connectivity index is 0.00000312. The number of carbonyl (C=O) groups excluding carboxylic acids is 1. The van der Waals surface area contributed by atoms with Crippen LogP contribution in [0.4, 0.5) is 0 Å². The number of hydrogen-bond donors (Lipinski definition) is 1. The van der Waals surface area contributed by atoms with Gasteiger partial charge in [0.25, 0.3) is 0 Å². The third kappa shape index (κ3) is 7.80. The van der Waals surface area contributed by atoms with Crippen LogP contribution in [0.25, 0.3) is 0 Å². The second-order valence-corrected chi connectivity index (χ2v) is 6.61. The van der Waals surface area contributed by atoms with Crippen molar-refractivity contribution in [3.05, 3.63) is 35.9 Å². The summed E-state index contributed by atoms with van der Waals surface area (Å²) in [6.45, 7) is 9.06. The Labute approximate surface area is 170 Å². The fourth-order valence-electron chi connectivity index (χ4n) is 3.13. The molecule has 0 saturated carbocycles. The average molecular weight is 406 g/mol. The molecule has 1 saturated heterocycles. The van der Waals surface area contributed by atoms with Crippen LogP contribution in [-0.2, 0) is 16.1 Å². The minimum absolute atomic E-state index is 0. The maximum absolute atomic E-state index is 12.9. The summed E-state index contributed by atoms with van der Waals surface area (Å²) in [5.41, 5.74) is 7.27. The summed E-state index contributed by atoms with van der Waals surface area (Å²) in [5, 5.41) is 0. The molecular formula is C19H33Cl2N3O2. The SMILES string of the molecule is CCCC(N)C(=O)N(Cc1ccccc1)C(C)CN1CCOCC1.Cl.Cl. The predicted molar refractivity (Wildman–Crippen MR) is 111 cm³/mol. The molecule has 1 aromatic carbocycles. The van der Waals surface area contributed by atoms with E-state index >= 15 is 0 Å². The van der Waals surface area contributed by atoms with Gasteiger partial charge in [-0.15, -0.1) is 24.8 Å². The quantitative estimate of drug-likeness (QED) is 0.721. The summed E-state index contributed by atoms with van der Waals surface area (Å²) in [7, 11) is 0. The number of carbonyl (C=O) groups is 1. The zero-order valence-corrected chi connectivity index (χ0v) is 17.4. The van der Waals surface area contributed by atoms with E-state index in [1.807, 2.05) is 23.1 Å². The molecule has 0 aliphatic carbocycles. The zero-order valence-electron chi connectivity index (χ0n) is 15.8. The maximum atomic E-state index is 12.9. The highest BCUT2D eigenvalue weighted by molar-refractivity contribution is 5.85. The van der Waals surface area contributed by atoms with Gasteiger partial charge in [0, 0.05) is 32.2 Å². The Hall–Kier alpha value is -0.850. The molecule has 5 nitrogen and oxygen atoms in total. The molecule has 0 bridgehead atoms. The fraction of sp³-hybridized carbons (Fsp3) is 0.632. The summed E-state index contributed by atoms with van der Waals surface area (Å²) in [4.78, 5) is 17.2. The first kappa shape index (κ1) is 25.1. The van der Waals surface area contributed by atoms with Crippen molar-refractivity contribution >= 4 is 30.7 Å². The number of nitrogens with two attached hydrogens (primary N) is 1. The molecule has 0 spiro atoms. The van der Waals surface area contributed by atoms with E-state index in [1.54, 1.807) is 0 Å². The highest BCUT2D eigenvalue weighted by Gasteiger charge is 2.26. The second-order valence-electron chi connectivity index (χ2n) is 6.61. The number of rotatable bonds is 8. The summed E-state index contributed by atoms with van der Waals surface area (Å²) < 4.78 is 5.41. The topological polar surface area (TPSA) is 58.8 Å². The molecule has 2 N–H and O–H groups in total. The number of hydrogen-bond acceptors (Lipinski definition) is 4. The third-order valence-electron chi connectivity index (χ3n) is 4.55. The van der Waals surface area contributed by atoms with Crippen molar-refractivity contribution < 1.29 is 9.53 Å². The molecule has 7 heteroatoms. The van der Waals surface area contributed by atoms with Crippen molar-refractivity contribution in [1.29, 1.82) is 0 Å². The van der Waals surface area contributed by atoms with Crippen LogP contribution in [0.1, 0.15) is 32.3 Å². The van der Waals surface area contributed by atoms with Crippen LogP contribution < -0.4 is 5.73 Å². The Morgan fingerprint density at radius 1 is 1.23 bits per heavy atom. The molecule has 1 heterocycles. The molecule has 0 aromatic heterocycles. The van der Waals surface area contributed by atoms with Crippen molar-refractivity contribution in [2.45, 2.75) is 45.3 Å². The summed E-state index contributed by atoms with van der Waals surface area (Å²) >= 11 is 0. The van der Waals surface area contributed by atoms with Gasteiger partial charge < -0.3 is 15.4 Å². The molecule has 2 atom stereocenters. The Bertz CT molecular complexity index is 499. The van der Waals surface area contributed by atoms with Crippen LogP contribution in [0.3, 0.4) is 0 Å². The van der Waals surface area contributed by atoms with Crippen molar-refractivity contribution in [3.8, 4) is 0 Å². The minimum Gasteiger partial charge on any atom is -0.379 e. The van der Waals surface area contributed by atoms with Gasteiger partial charge in [-0.1, -0.05) is 43.7 Å². The van der Waals surface area contributed by atoms with E-state index in [1.165, 1.54) is 0 Å². The molecule has 0 radical (unpaired) electrons. The smallest absolute Gasteiger partial charge is 0.240 e. The molecule has 26 heavy (non-hydrogen) atoms. The Morgan fingerprint density at radius 2 is 1.85 bits per heavy atom. The molecule has 2 rings (SSSR count). The van der Waals surface area contributed by atoms with Gasteiger partial charge in [-0.3, -0.25) is 9.69 Å². The first-order chi connectivity index (χ1) is 11.6. The molecule has 1 fully saturated rings. The standard InChI is InChI=1S/C19H31N3O2.2ClH/c1-3-7-18(20)19(23)22(15-17-8-5-4-6-9-17)16(2)14-21-10-12-24-13-11-21;;/h4-6,8-9,16,18H,3,7,10-15,20H2,1-2H3;2*1H. The largest absolute Gasteiger partial charge is 0.379 e. The van der Waals surface area contributed by atoms with Gasteiger partial charge in [0.2, 0.25) is 5.91 Å². The van der Waals surface area contributed by atoms with Crippen LogP contribution in [-0.4, -0.2) is 60.6 Å². The van der Waals surface area contributed by atoms with E-state index in [9.17, 15) is 4.79 Å². The zero-order chi connectivity index (χ0) is 17.4. The lowest BCUT2D eigenvalue weighted by molar-refractivity contribution is -0.136. The minimum atomic E-state index is -0.411. The Morgan fingerprint density at radius 3 is 2.42 bits per heavy atom. The number of morpholine rings is 1. The van der Waals surface area contributed by atoms with Crippen molar-refractivity contribution in [1.82, 2.24) is 9.80 Å². The highest BCUT2D eigenvalue weighted by Crippen LogP contribution is 2.13. The number of amides is 1. The molecule has 2 unspecified atom stereocenters. The second kappa shape index (κ2) is 13.3. The molecule has 1 aliphatic heterocycles. The summed E-state index contributed by atoms with van der Waals surface area (Å²) in [6.07, 6.45) is 1.65. The van der Waals surface area contributed by atoms with Crippen LogP contribution in [0, 0.1) is 0 Å². The molecule has 1 amide bonds. The monoisotopic (exact) mass is 405 g/mol. The average Bonchev–Trinajstić information content (AvgIpc) is 2.61. The van der Waals surface area contributed by atoms with Gasteiger partial charge >= 0.3 is 0 Å². The number of nitrogens with zero attached hydrogens (tertiary/aromatic N) is 2. The van der Waals surface area contributed by atoms with E-state index in [0.717, 1.165) is 51.3 Å². The van der Waals surface area contributed by atoms with Gasteiger partial charge in [0.1, 0.15) is 0 Å². The lowest BCUT2D eigenvalue weighted by Crippen LogP contribution is -2.52. The maximum Gasteiger partial charge on any atom is 0.240 e. The first-order valence-corrected chi connectivity index (χ1v) is 9.02. The van der Waals surface area contributed by atoms with Gasteiger partial charge in [0.05, 0.1) is 19.3 Å². The van der Waals surface area contributed by atoms with Crippen LogP contribution in [0.5, 0.6) is 0 Å². The van der Waals surface area contributed by atoms with E-state index in [0.29, 0.717) is 6.54 Å². The first-order valence-electron chi connectivity index (χ1n) is 9.02. The lowest BCUT2D eigenvalue weighted by atomic mass is 10.1. The van der Waals surface area contributed by atoms with E-state index in [-0.39, 0.29) is 36.8 Å². The van der Waals surface area contributed by atoms with Crippen LogP contribution >= 0.6 is 24.8 Å². The number of halogens is 2. The van der Waals surface area contributed by atoms with Crippen molar-refractivity contribution in [3.63, 3.8) is 0 Å². The molecule has 150 valence electrons. The summed E-state index contributed by atoms with van der Waals surface area (Å²) in [5.74, 6) is 0.0569. The van der Waals surface area contributed by atoms with Crippen LogP contribution in [0.2, 0.25) is 0 Å². The van der Waals surface area contributed by atoms with Crippen molar-refractivity contribution in [2.75, 3.05) is 32.8 Å². The lowest BCUT2D eigenvalue weighted by Gasteiger charge is -2.36. The molecule has 1 aliphatic rings. The van der Waals surface area contributed by atoms with E-state index in [2.05, 4.69) is 30.9 Å². The van der Waals surface area contributed by atoms with Crippen molar-refractivity contribution in [2.24, 2.45) is 5.73 Å². The van der Waals surface area contributed by atoms with Gasteiger partial charge in [-0.05, 0) is 18.9 Å². The normalized spacial score (nSPS) is 16.7. The number of benzene rings is 1. The molecular weight excluding hydrogens is 373 g/mol. The highest BCUT2D eigenvalue weighted by atomic mass is 35.5. The van der Waals surface area contributed by atoms with E-state index < -0.39 is 6.04 Å². The van der Waals surface area contributed by atoms with Gasteiger partial charge in [0.15, 0.2) is 0 Å².